The van der Waals surface area contributed by atoms with Gasteiger partial charge in [0.2, 0.25) is 0 Å². The summed E-state index contributed by atoms with van der Waals surface area (Å²) in [6, 6.07) is 6.63. The molecule has 3 heteroatoms. The largest absolute Gasteiger partial charge is 0.396 e. The van der Waals surface area contributed by atoms with Crippen LogP contribution in [0.2, 0.25) is 0 Å². The van der Waals surface area contributed by atoms with Crippen LogP contribution in [0.1, 0.15) is 62.8 Å². The number of rotatable bonds is 5. The lowest BCUT2D eigenvalue weighted by Crippen LogP contribution is -2.36. The van der Waals surface area contributed by atoms with Crippen molar-refractivity contribution in [1.29, 1.82) is 0 Å². The number of ether oxygens (including phenoxy) is 1. The Labute approximate surface area is 132 Å². The first kappa shape index (κ1) is 15.6. The van der Waals surface area contributed by atoms with Crippen LogP contribution < -0.4 is 0 Å². The zero-order valence-corrected chi connectivity index (χ0v) is 13.9. The third-order valence-electron chi connectivity index (χ3n) is 5.39. The van der Waals surface area contributed by atoms with Crippen molar-refractivity contribution in [2.45, 2.75) is 58.0 Å². The number of benzene rings is 1. The molecule has 3 nitrogen and oxygen atoms in total. The van der Waals surface area contributed by atoms with Crippen molar-refractivity contribution in [2.24, 2.45) is 0 Å². The lowest BCUT2D eigenvalue weighted by molar-refractivity contribution is -0.0795. The van der Waals surface area contributed by atoms with E-state index >= 15 is 0 Å². The number of aliphatic hydroxyl groups is 1. The first-order chi connectivity index (χ1) is 10.7. The van der Waals surface area contributed by atoms with Gasteiger partial charge in [-0.05, 0) is 36.3 Å². The lowest BCUT2D eigenvalue weighted by atomic mass is 9.86. The Bertz CT molecular complexity index is 661. The fourth-order valence-electron chi connectivity index (χ4n) is 3.83. The molecule has 0 saturated carbocycles. The Balaban J connectivity index is 2.22. The van der Waals surface area contributed by atoms with Crippen molar-refractivity contribution in [2.75, 3.05) is 13.2 Å². The van der Waals surface area contributed by atoms with Gasteiger partial charge in [0.25, 0.3) is 0 Å². The summed E-state index contributed by atoms with van der Waals surface area (Å²) in [7, 11) is 0. The van der Waals surface area contributed by atoms with Gasteiger partial charge < -0.3 is 14.8 Å². The standard InChI is InChI=1S/C19H27NO2/c1-4-13(3)14-7-6-8-15-16-9-12-22-19(5-2,10-11-21)18(16)20-17(14)15/h6-8,13,20-21H,4-5,9-12H2,1-3H3. The van der Waals surface area contributed by atoms with Crippen molar-refractivity contribution in [3.05, 3.63) is 35.0 Å². The molecule has 3 rings (SSSR count). The molecule has 2 atom stereocenters. The molecule has 2 aromatic rings. The summed E-state index contributed by atoms with van der Waals surface area (Å²) in [5, 5.41) is 10.8. The second-order valence-corrected chi connectivity index (χ2v) is 6.48. The number of H-pyrrole nitrogens is 1. The van der Waals surface area contributed by atoms with E-state index in [1.807, 2.05) is 0 Å². The predicted molar refractivity (Wildman–Crippen MR) is 90.3 cm³/mol. The maximum atomic E-state index is 9.50. The van der Waals surface area contributed by atoms with E-state index in [1.54, 1.807) is 0 Å². The molecule has 0 spiro atoms. The summed E-state index contributed by atoms with van der Waals surface area (Å²) in [4.78, 5) is 3.69. The molecule has 2 unspecified atom stereocenters. The quantitative estimate of drug-likeness (QED) is 0.867. The SMILES string of the molecule is CCC(C)c1cccc2c3c([nH]c12)C(CC)(CCO)OCC3. The predicted octanol–water partition coefficient (Wildman–Crippen LogP) is 4.24. The highest BCUT2D eigenvalue weighted by molar-refractivity contribution is 5.88. The summed E-state index contributed by atoms with van der Waals surface area (Å²) in [5.74, 6) is 0.540. The Hall–Kier alpha value is -1.32. The highest BCUT2D eigenvalue weighted by Gasteiger charge is 2.38. The van der Waals surface area contributed by atoms with Crippen molar-refractivity contribution in [3.8, 4) is 0 Å². The first-order valence-electron chi connectivity index (χ1n) is 8.55. The van der Waals surface area contributed by atoms with Gasteiger partial charge in [0.05, 0.1) is 12.3 Å². The minimum absolute atomic E-state index is 0.154. The van der Waals surface area contributed by atoms with Gasteiger partial charge in [-0.2, -0.15) is 0 Å². The number of nitrogens with one attached hydrogen (secondary N) is 1. The lowest BCUT2D eigenvalue weighted by Gasteiger charge is -2.36. The van der Waals surface area contributed by atoms with Crippen LogP contribution in [0, 0.1) is 0 Å². The minimum atomic E-state index is -0.353. The van der Waals surface area contributed by atoms with Crippen LogP contribution in [-0.2, 0) is 16.8 Å². The zero-order valence-electron chi connectivity index (χ0n) is 13.9. The first-order valence-corrected chi connectivity index (χ1v) is 8.55. The van der Waals surface area contributed by atoms with E-state index in [1.165, 1.54) is 27.7 Å². The van der Waals surface area contributed by atoms with Gasteiger partial charge in [0.1, 0.15) is 5.60 Å². The molecule has 120 valence electrons. The highest BCUT2D eigenvalue weighted by Crippen LogP contribution is 2.42. The average Bonchev–Trinajstić information content (AvgIpc) is 2.94. The molecule has 0 amide bonds. The Kier molecular flexibility index (Phi) is 4.28. The summed E-state index contributed by atoms with van der Waals surface area (Å²) < 4.78 is 6.15. The van der Waals surface area contributed by atoms with Crippen molar-refractivity contribution < 1.29 is 9.84 Å². The fraction of sp³-hybridized carbons (Fsp3) is 0.579. The summed E-state index contributed by atoms with van der Waals surface area (Å²) in [5.41, 5.74) is 4.89. The van der Waals surface area contributed by atoms with Crippen molar-refractivity contribution in [3.63, 3.8) is 0 Å². The molecule has 22 heavy (non-hydrogen) atoms. The maximum Gasteiger partial charge on any atom is 0.110 e. The van der Waals surface area contributed by atoms with Gasteiger partial charge in [-0.25, -0.2) is 0 Å². The normalized spacial score (nSPS) is 22.7. The molecule has 1 aliphatic rings. The average molecular weight is 301 g/mol. The van der Waals surface area contributed by atoms with Gasteiger partial charge in [-0.15, -0.1) is 0 Å². The topological polar surface area (TPSA) is 45.2 Å². The number of hydrogen-bond acceptors (Lipinski definition) is 2. The summed E-state index contributed by atoms with van der Waals surface area (Å²) >= 11 is 0. The van der Waals surface area contributed by atoms with Crippen molar-refractivity contribution >= 4 is 10.9 Å². The molecule has 1 aliphatic heterocycles. The summed E-state index contributed by atoms with van der Waals surface area (Å²) in [6.45, 7) is 7.55. The number of fused-ring (bicyclic) bond motifs is 3. The molecule has 0 bridgehead atoms. The molecule has 1 aromatic heterocycles. The van der Waals surface area contributed by atoms with E-state index in [4.69, 9.17) is 4.74 Å². The minimum Gasteiger partial charge on any atom is -0.396 e. The van der Waals surface area contributed by atoms with Crippen LogP contribution in [0.4, 0.5) is 0 Å². The number of hydrogen-bond donors (Lipinski definition) is 2. The molecule has 0 saturated heterocycles. The Morgan fingerprint density at radius 1 is 1.36 bits per heavy atom. The van der Waals surface area contributed by atoms with Crippen LogP contribution in [0.15, 0.2) is 18.2 Å². The molecule has 1 aromatic carbocycles. The molecule has 0 aliphatic carbocycles. The number of aromatic nitrogens is 1. The molecular weight excluding hydrogens is 274 g/mol. The van der Waals surface area contributed by atoms with Gasteiger partial charge in [-0.1, -0.05) is 39.0 Å². The van der Waals surface area contributed by atoms with Crippen LogP contribution in [0.5, 0.6) is 0 Å². The fourth-order valence-corrected chi connectivity index (χ4v) is 3.83. The molecular formula is C19H27NO2. The highest BCUT2D eigenvalue weighted by atomic mass is 16.5. The summed E-state index contributed by atoms with van der Waals surface area (Å²) in [6.07, 6.45) is 3.62. The maximum absolute atomic E-state index is 9.50. The second kappa shape index (κ2) is 6.05. The molecule has 2 N–H and O–H groups in total. The zero-order chi connectivity index (χ0) is 15.7. The molecule has 0 radical (unpaired) electrons. The van der Waals surface area contributed by atoms with E-state index in [-0.39, 0.29) is 12.2 Å². The monoisotopic (exact) mass is 301 g/mol. The van der Waals surface area contributed by atoms with E-state index < -0.39 is 0 Å². The third kappa shape index (κ3) is 2.27. The number of aromatic amines is 1. The van der Waals surface area contributed by atoms with Crippen molar-refractivity contribution in [1.82, 2.24) is 4.98 Å². The van der Waals surface area contributed by atoms with Crippen LogP contribution in [0.25, 0.3) is 10.9 Å². The number of aliphatic hydroxyl groups excluding tert-OH is 1. The Morgan fingerprint density at radius 3 is 2.86 bits per heavy atom. The number of para-hydroxylation sites is 1. The molecule has 0 fully saturated rings. The van der Waals surface area contributed by atoms with E-state index in [0.29, 0.717) is 12.3 Å². The van der Waals surface area contributed by atoms with Gasteiger partial charge >= 0.3 is 0 Å². The van der Waals surface area contributed by atoms with E-state index in [2.05, 4.69) is 44.0 Å². The third-order valence-corrected chi connectivity index (χ3v) is 5.39. The molecule has 2 heterocycles. The van der Waals surface area contributed by atoms with E-state index in [9.17, 15) is 5.11 Å². The Morgan fingerprint density at radius 2 is 2.18 bits per heavy atom. The van der Waals surface area contributed by atoms with Crippen LogP contribution >= 0.6 is 0 Å². The van der Waals surface area contributed by atoms with Gasteiger partial charge in [0.15, 0.2) is 0 Å². The van der Waals surface area contributed by atoms with E-state index in [0.717, 1.165) is 25.9 Å². The second-order valence-electron chi connectivity index (χ2n) is 6.48. The van der Waals surface area contributed by atoms with Gasteiger partial charge in [-0.3, -0.25) is 0 Å². The van der Waals surface area contributed by atoms with Crippen LogP contribution in [0.3, 0.4) is 0 Å². The smallest absolute Gasteiger partial charge is 0.110 e. The van der Waals surface area contributed by atoms with Crippen LogP contribution in [-0.4, -0.2) is 23.3 Å². The van der Waals surface area contributed by atoms with Gasteiger partial charge in [0, 0.05) is 23.9 Å².